The van der Waals surface area contributed by atoms with Gasteiger partial charge in [-0.25, -0.2) is 10.8 Å². The fourth-order valence-corrected chi connectivity index (χ4v) is 1.20. The quantitative estimate of drug-likeness (QED) is 0.454. The highest BCUT2D eigenvalue weighted by molar-refractivity contribution is 5.42. The van der Waals surface area contributed by atoms with Crippen LogP contribution in [0.3, 0.4) is 0 Å². The van der Waals surface area contributed by atoms with Crippen LogP contribution in [0.5, 0.6) is 5.88 Å². The van der Waals surface area contributed by atoms with Crippen LogP contribution in [0, 0.1) is 10.1 Å². The van der Waals surface area contributed by atoms with Gasteiger partial charge in [0, 0.05) is 0 Å². The van der Waals surface area contributed by atoms with Crippen molar-refractivity contribution in [3.05, 3.63) is 40.5 Å². The molecule has 0 fully saturated rings. The highest BCUT2D eigenvalue weighted by Gasteiger charge is 2.19. The number of aromatic nitrogens is 2. The molecule has 9 nitrogen and oxygen atoms in total. The van der Waals surface area contributed by atoms with Crippen molar-refractivity contribution >= 4 is 11.6 Å². The third kappa shape index (κ3) is 2.52. The minimum Gasteiger partial charge on any atom is -0.466 e. The van der Waals surface area contributed by atoms with Gasteiger partial charge in [-0.15, -0.1) is 0 Å². The number of furan rings is 1. The summed E-state index contributed by atoms with van der Waals surface area (Å²) in [6.07, 6.45) is 2.49. The Labute approximate surface area is 101 Å². The van der Waals surface area contributed by atoms with E-state index in [1.165, 1.54) is 6.26 Å². The predicted molar refractivity (Wildman–Crippen MR) is 59.5 cm³/mol. The van der Waals surface area contributed by atoms with Gasteiger partial charge in [-0.3, -0.25) is 15.5 Å². The van der Waals surface area contributed by atoms with Crippen LogP contribution in [-0.4, -0.2) is 14.9 Å². The second-order valence-electron chi connectivity index (χ2n) is 3.15. The van der Waals surface area contributed by atoms with Crippen molar-refractivity contribution in [3.8, 4) is 5.88 Å². The Kier molecular flexibility index (Phi) is 3.34. The Morgan fingerprint density at radius 1 is 1.61 bits per heavy atom. The number of hydrogen-bond acceptors (Lipinski definition) is 8. The van der Waals surface area contributed by atoms with Crippen LogP contribution >= 0.6 is 0 Å². The lowest BCUT2D eigenvalue weighted by atomic mass is 10.5. The Bertz CT molecular complexity index is 542. The average Bonchev–Trinajstić information content (AvgIpc) is 2.88. The number of nitrogen functional groups attached to an aromatic ring is 1. The minimum atomic E-state index is -0.641. The number of hydrogen-bond donors (Lipinski definition) is 2. The van der Waals surface area contributed by atoms with Crippen molar-refractivity contribution in [2.24, 2.45) is 5.84 Å². The molecule has 94 valence electrons. The summed E-state index contributed by atoms with van der Waals surface area (Å²) in [4.78, 5) is 17.5. The summed E-state index contributed by atoms with van der Waals surface area (Å²) < 4.78 is 10.2. The molecule has 0 atom stereocenters. The van der Waals surface area contributed by atoms with Crippen LogP contribution in [-0.2, 0) is 6.61 Å². The fraction of sp³-hybridized carbons (Fsp3) is 0.111. The van der Waals surface area contributed by atoms with Gasteiger partial charge in [-0.05, 0) is 12.1 Å². The van der Waals surface area contributed by atoms with E-state index in [4.69, 9.17) is 15.0 Å². The van der Waals surface area contributed by atoms with E-state index in [0.717, 1.165) is 6.20 Å². The molecule has 2 aromatic heterocycles. The van der Waals surface area contributed by atoms with Crippen LogP contribution in [0.4, 0.5) is 11.6 Å². The fourth-order valence-electron chi connectivity index (χ4n) is 1.20. The molecule has 0 bridgehead atoms. The minimum absolute atomic E-state index is 0.0227. The van der Waals surface area contributed by atoms with Crippen LogP contribution in [0.15, 0.2) is 29.0 Å². The molecule has 0 amide bonds. The molecule has 0 unspecified atom stereocenters. The molecule has 9 heteroatoms. The number of ether oxygens (including phenoxy) is 1. The lowest BCUT2D eigenvalue weighted by Crippen LogP contribution is -2.12. The van der Waals surface area contributed by atoms with E-state index >= 15 is 0 Å². The monoisotopic (exact) mass is 251 g/mol. The maximum absolute atomic E-state index is 10.8. The van der Waals surface area contributed by atoms with Crippen molar-refractivity contribution in [1.29, 1.82) is 0 Å². The third-order valence-corrected chi connectivity index (χ3v) is 1.99. The molecule has 0 aliphatic rings. The lowest BCUT2D eigenvalue weighted by Gasteiger charge is -2.05. The summed E-state index contributed by atoms with van der Waals surface area (Å²) in [5, 5.41) is 10.8. The lowest BCUT2D eigenvalue weighted by molar-refractivity contribution is -0.386. The van der Waals surface area contributed by atoms with E-state index in [-0.39, 0.29) is 24.1 Å². The second kappa shape index (κ2) is 5.10. The zero-order valence-electron chi connectivity index (χ0n) is 9.07. The predicted octanol–water partition coefficient (Wildman–Crippen LogP) is 0.842. The van der Waals surface area contributed by atoms with E-state index in [1.54, 1.807) is 12.1 Å². The molecule has 0 aliphatic carbocycles. The Balaban J connectivity index is 2.20. The van der Waals surface area contributed by atoms with Crippen molar-refractivity contribution < 1.29 is 14.1 Å². The van der Waals surface area contributed by atoms with E-state index in [1.807, 2.05) is 0 Å². The number of hydrazine groups is 1. The molecule has 0 radical (unpaired) electrons. The first-order valence-electron chi connectivity index (χ1n) is 4.84. The molecule has 2 heterocycles. The normalized spacial score (nSPS) is 10.1. The highest BCUT2D eigenvalue weighted by atomic mass is 16.6. The van der Waals surface area contributed by atoms with Crippen LogP contribution in [0.25, 0.3) is 0 Å². The maximum atomic E-state index is 10.8. The zero-order valence-corrected chi connectivity index (χ0v) is 9.07. The molecule has 0 aliphatic heterocycles. The smallest absolute Gasteiger partial charge is 0.349 e. The zero-order chi connectivity index (χ0) is 13.0. The van der Waals surface area contributed by atoms with Crippen LogP contribution in [0.2, 0.25) is 0 Å². The summed E-state index contributed by atoms with van der Waals surface area (Å²) in [5.41, 5.74) is 1.83. The first-order chi connectivity index (χ1) is 8.70. The number of anilines is 1. The van der Waals surface area contributed by atoms with Gasteiger partial charge >= 0.3 is 5.69 Å². The largest absolute Gasteiger partial charge is 0.466 e. The SMILES string of the molecule is NNc1ncc([N+](=O)[O-])c(OCc2ccco2)n1. The summed E-state index contributed by atoms with van der Waals surface area (Å²) in [7, 11) is 0. The molecule has 0 aromatic carbocycles. The van der Waals surface area contributed by atoms with Crippen molar-refractivity contribution in [1.82, 2.24) is 9.97 Å². The molecule has 2 rings (SSSR count). The summed E-state index contributed by atoms with van der Waals surface area (Å²) in [6, 6.07) is 3.36. The number of nitrogens with one attached hydrogen (secondary N) is 1. The van der Waals surface area contributed by atoms with Crippen molar-refractivity contribution in [2.75, 3.05) is 5.43 Å². The standard InChI is InChI=1S/C9H9N5O4/c10-13-9-11-4-7(14(15)16)8(12-9)18-5-6-2-1-3-17-6/h1-4H,5,10H2,(H,11,12,13). The van der Waals surface area contributed by atoms with Crippen molar-refractivity contribution in [2.45, 2.75) is 6.61 Å². The molecular weight excluding hydrogens is 242 g/mol. The van der Waals surface area contributed by atoms with Gasteiger partial charge in [0.05, 0.1) is 11.2 Å². The number of nitro groups is 1. The molecule has 0 saturated carbocycles. The Hall–Kier alpha value is -2.68. The second-order valence-corrected chi connectivity index (χ2v) is 3.15. The molecule has 0 spiro atoms. The van der Waals surface area contributed by atoms with Gasteiger partial charge in [0.1, 0.15) is 18.6 Å². The van der Waals surface area contributed by atoms with Crippen molar-refractivity contribution in [3.63, 3.8) is 0 Å². The molecule has 3 N–H and O–H groups in total. The first-order valence-corrected chi connectivity index (χ1v) is 4.84. The van der Waals surface area contributed by atoms with Crippen LogP contribution in [0.1, 0.15) is 5.76 Å². The summed E-state index contributed by atoms with van der Waals surface area (Å²) in [6.45, 7) is 0.0227. The summed E-state index contributed by atoms with van der Waals surface area (Å²) in [5.74, 6) is 5.48. The van der Waals surface area contributed by atoms with Gasteiger partial charge in [0.25, 0.3) is 5.88 Å². The Morgan fingerprint density at radius 3 is 3.06 bits per heavy atom. The molecule has 18 heavy (non-hydrogen) atoms. The van der Waals surface area contributed by atoms with Gasteiger partial charge in [0.2, 0.25) is 5.95 Å². The molecule has 0 saturated heterocycles. The molecular formula is C9H9N5O4. The number of rotatable bonds is 5. The maximum Gasteiger partial charge on any atom is 0.349 e. The third-order valence-electron chi connectivity index (χ3n) is 1.99. The first kappa shape index (κ1) is 11.8. The number of nitrogens with two attached hydrogens (primary N) is 1. The van der Waals surface area contributed by atoms with Gasteiger partial charge in [-0.2, -0.15) is 4.98 Å². The van der Waals surface area contributed by atoms with E-state index in [0.29, 0.717) is 5.76 Å². The Morgan fingerprint density at radius 2 is 2.44 bits per heavy atom. The van der Waals surface area contributed by atoms with E-state index < -0.39 is 4.92 Å². The highest BCUT2D eigenvalue weighted by Crippen LogP contribution is 2.25. The summed E-state index contributed by atoms with van der Waals surface area (Å²) >= 11 is 0. The van der Waals surface area contributed by atoms with Crippen LogP contribution < -0.4 is 16.0 Å². The van der Waals surface area contributed by atoms with E-state index in [2.05, 4.69) is 15.4 Å². The number of nitrogens with zero attached hydrogens (tertiary/aromatic N) is 3. The van der Waals surface area contributed by atoms with Gasteiger partial charge in [0.15, 0.2) is 0 Å². The van der Waals surface area contributed by atoms with Gasteiger partial charge < -0.3 is 9.15 Å². The van der Waals surface area contributed by atoms with E-state index in [9.17, 15) is 10.1 Å². The molecule has 2 aromatic rings. The van der Waals surface area contributed by atoms with Gasteiger partial charge in [-0.1, -0.05) is 0 Å². The average molecular weight is 251 g/mol. The topological polar surface area (TPSA) is 129 Å².